The number of thioether (sulfide) groups is 1. The second kappa shape index (κ2) is 5.96. The standard InChI is InChI=1S/C5H11FN4S/c6-2-1-3-11-5(9)10-4(7)8/h1-3H2,(H5,7,8,9,10). The molecule has 0 aromatic rings. The van der Waals surface area contributed by atoms with Crippen molar-refractivity contribution < 1.29 is 4.39 Å². The lowest BCUT2D eigenvalue weighted by atomic mass is 10.6. The van der Waals surface area contributed by atoms with Crippen LogP contribution in [0.1, 0.15) is 6.42 Å². The molecule has 0 atom stereocenters. The van der Waals surface area contributed by atoms with Gasteiger partial charge in [-0.2, -0.15) is 4.99 Å². The molecule has 0 aromatic heterocycles. The second-order valence-corrected chi connectivity index (χ2v) is 2.82. The number of nitrogens with two attached hydrogens (primary N) is 2. The van der Waals surface area contributed by atoms with Gasteiger partial charge in [0.15, 0.2) is 11.1 Å². The van der Waals surface area contributed by atoms with Crippen LogP contribution < -0.4 is 11.5 Å². The van der Waals surface area contributed by atoms with Gasteiger partial charge in [0.2, 0.25) is 0 Å². The van der Waals surface area contributed by atoms with E-state index in [-0.39, 0.29) is 17.8 Å². The van der Waals surface area contributed by atoms with E-state index in [1.165, 1.54) is 0 Å². The largest absolute Gasteiger partial charge is 0.370 e. The predicted octanol–water partition coefficient (Wildman–Crippen LogP) is 0.287. The van der Waals surface area contributed by atoms with Crippen molar-refractivity contribution in [2.45, 2.75) is 6.42 Å². The first-order valence-corrected chi connectivity index (χ1v) is 4.02. The number of nitrogens with zero attached hydrogens (tertiary/aromatic N) is 1. The molecule has 0 heterocycles. The highest BCUT2D eigenvalue weighted by Crippen LogP contribution is 2.04. The molecule has 11 heavy (non-hydrogen) atoms. The van der Waals surface area contributed by atoms with Crippen LogP contribution in [0.15, 0.2) is 4.99 Å². The monoisotopic (exact) mass is 178 g/mol. The quantitative estimate of drug-likeness (QED) is 0.329. The topological polar surface area (TPSA) is 88.2 Å². The summed E-state index contributed by atoms with van der Waals surface area (Å²) in [6.07, 6.45) is 0.424. The Bertz CT molecular complexity index is 155. The third-order valence-corrected chi connectivity index (χ3v) is 1.60. The molecule has 0 unspecified atom stereocenters. The van der Waals surface area contributed by atoms with Gasteiger partial charge in [-0.25, -0.2) is 0 Å². The van der Waals surface area contributed by atoms with Crippen molar-refractivity contribution in [3.05, 3.63) is 0 Å². The van der Waals surface area contributed by atoms with Gasteiger partial charge in [0.05, 0.1) is 6.67 Å². The highest BCUT2D eigenvalue weighted by Gasteiger charge is 1.94. The molecule has 0 radical (unpaired) electrons. The van der Waals surface area contributed by atoms with Crippen molar-refractivity contribution in [2.24, 2.45) is 16.5 Å². The molecule has 5 N–H and O–H groups in total. The second-order valence-electron chi connectivity index (χ2n) is 1.73. The van der Waals surface area contributed by atoms with Crippen molar-refractivity contribution in [3.8, 4) is 0 Å². The highest BCUT2D eigenvalue weighted by atomic mass is 32.2. The van der Waals surface area contributed by atoms with Gasteiger partial charge in [-0.15, -0.1) is 0 Å². The summed E-state index contributed by atoms with van der Waals surface area (Å²) in [6, 6.07) is 0. The van der Waals surface area contributed by atoms with Crippen molar-refractivity contribution >= 4 is 22.9 Å². The Morgan fingerprint density at radius 1 is 1.55 bits per heavy atom. The van der Waals surface area contributed by atoms with Crippen LogP contribution in [-0.4, -0.2) is 23.6 Å². The van der Waals surface area contributed by atoms with Crippen molar-refractivity contribution in [3.63, 3.8) is 0 Å². The zero-order valence-electron chi connectivity index (χ0n) is 6.01. The summed E-state index contributed by atoms with van der Waals surface area (Å²) in [4.78, 5) is 3.45. The first kappa shape index (κ1) is 10.2. The van der Waals surface area contributed by atoms with Crippen LogP contribution >= 0.6 is 11.8 Å². The predicted molar refractivity (Wildman–Crippen MR) is 46.6 cm³/mol. The fourth-order valence-corrected chi connectivity index (χ4v) is 0.990. The first-order chi connectivity index (χ1) is 5.16. The first-order valence-electron chi connectivity index (χ1n) is 3.03. The molecule has 0 aliphatic rings. The van der Waals surface area contributed by atoms with Crippen LogP contribution in [0, 0.1) is 5.41 Å². The Morgan fingerprint density at radius 3 is 2.64 bits per heavy atom. The molecule has 0 saturated heterocycles. The Balaban J connectivity index is 3.46. The summed E-state index contributed by atoms with van der Waals surface area (Å²) in [5.74, 6) is 0.397. The molecule has 4 nitrogen and oxygen atoms in total. The normalized spacial score (nSPS) is 9.18. The summed E-state index contributed by atoms with van der Waals surface area (Å²) in [6.45, 7) is -0.373. The van der Waals surface area contributed by atoms with Crippen LogP contribution in [-0.2, 0) is 0 Å². The van der Waals surface area contributed by atoms with E-state index in [0.29, 0.717) is 12.2 Å². The van der Waals surface area contributed by atoms with Crippen molar-refractivity contribution in [2.75, 3.05) is 12.4 Å². The van der Waals surface area contributed by atoms with Crippen LogP contribution in [0.25, 0.3) is 0 Å². The van der Waals surface area contributed by atoms with Gasteiger partial charge < -0.3 is 11.5 Å². The third kappa shape index (κ3) is 7.11. The van der Waals surface area contributed by atoms with E-state index in [1.807, 2.05) is 0 Å². The zero-order chi connectivity index (χ0) is 8.69. The van der Waals surface area contributed by atoms with Gasteiger partial charge in [0, 0.05) is 5.75 Å². The SMILES string of the molecule is N=C(N=C(N)N)SCCCF. The van der Waals surface area contributed by atoms with Gasteiger partial charge in [-0.05, 0) is 6.42 Å². The molecule has 0 saturated carbocycles. The number of amidine groups is 1. The van der Waals surface area contributed by atoms with Crippen LogP contribution in [0.5, 0.6) is 0 Å². The number of nitrogens with one attached hydrogen (secondary N) is 1. The van der Waals surface area contributed by atoms with Crippen LogP contribution in [0.2, 0.25) is 0 Å². The molecule has 0 fully saturated rings. The van der Waals surface area contributed by atoms with Gasteiger partial charge in [-0.3, -0.25) is 9.80 Å². The molecule has 0 spiro atoms. The zero-order valence-corrected chi connectivity index (χ0v) is 6.83. The van der Waals surface area contributed by atoms with Crippen LogP contribution in [0.3, 0.4) is 0 Å². The fourth-order valence-electron chi connectivity index (χ4n) is 0.373. The minimum atomic E-state index is -0.373. The smallest absolute Gasteiger partial charge is 0.193 e. The van der Waals surface area contributed by atoms with E-state index in [4.69, 9.17) is 16.9 Å². The minimum absolute atomic E-state index is 0.0263. The Labute approximate surface area is 68.7 Å². The molecule has 0 aliphatic carbocycles. The molecule has 0 rings (SSSR count). The van der Waals surface area contributed by atoms with Gasteiger partial charge in [0.1, 0.15) is 0 Å². The van der Waals surface area contributed by atoms with Crippen molar-refractivity contribution in [1.29, 1.82) is 5.41 Å². The lowest BCUT2D eigenvalue weighted by molar-refractivity contribution is 0.489. The average molecular weight is 178 g/mol. The van der Waals surface area contributed by atoms with E-state index in [1.54, 1.807) is 0 Å². The number of aliphatic imine (C=N–C) groups is 1. The van der Waals surface area contributed by atoms with E-state index < -0.39 is 0 Å². The number of hydrogen-bond acceptors (Lipinski definition) is 2. The number of guanidine groups is 1. The third-order valence-electron chi connectivity index (χ3n) is 0.747. The molecule has 0 bridgehead atoms. The van der Waals surface area contributed by atoms with E-state index in [2.05, 4.69) is 4.99 Å². The number of alkyl halides is 1. The van der Waals surface area contributed by atoms with E-state index in [0.717, 1.165) is 11.8 Å². The Morgan fingerprint density at radius 2 is 2.18 bits per heavy atom. The summed E-state index contributed by atoms with van der Waals surface area (Å²) in [5.41, 5.74) is 9.99. The van der Waals surface area contributed by atoms with Gasteiger partial charge in [0.25, 0.3) is 0 Å². The maximum atomic E-state index is 11.5. The number of halogens is 1. The number of rotatable bonds is 3. The molecular formula is C5H11FN4S. The van der Waals surface area contributed by atoms with Gasteiger partial charge in [-0.1, -0.05) is 11.8 Å². The fraction of sp³-hybridized carbons (Fsp3) is 0.600. The van der Waals surface area contributed by atoms with Gasteiger partial charge >= 0.3 is 0 Å². The van der Waals surface area contributed by atoms with E-state index in [9.17, 15) is 4.39 Å². The molecule has 6 heteroatoms. The molecule has 0 aromatic carbocycles. The Hall–Kier alpha value is -0.780. The highest BCUT2D eigenvalue weighted by molar-refractivity contribution is 8.13. The minimum Gasteiger partial charge on any atom is -0.370 e. The maximum absolute atomic E-state index is 11.5. The van der Waals surface area contributed by atoms with Crippen LogP contribution in [0.4, 0.5) is 4.39 Å². The summed E-state index contributed by atoms with van der Waals surface area (Å²) < 4.78 is 11.5. The molecule has 0 amide bonds. The number of hydrogen-bond donors (Lipinski definition) is 3. The lowest BCUT2D eigenvalue weighted by Gasteiger charge is -1.95. The molecular weight excluding hydrogens is 167 g/mol. The van der Waals surface area contributed by atoms with E-state index >= 15 is 0 Å². The maximum Gasteiger partial charge on any atom is 0.193 e. The summed E-state index contributed by atoms with van der Waals surface area (Å²) in [5, 5.41) is 7.12. The molecule has 0 aliphatic heterocycles. The molecule has 64 valence electrons. The van der Waals surface area contributed by atoms with Crippen molar-refractivity contribution in [1.82, 2.24) is 0 Å². The summed E-state index contributed by atoms with van der Waals surface area (Å²) in [7, 11) is 0. The lowest BCUT2D eigenvalue weighted by Crippen LogP contribution is -2.23. The average Bonchev–Trinajstić information content (AvgIpc) is 1.86. The Kier molecular flexibility index (Phi) is 5.54. The summed E-state index contributed by atoms with van der Waals surface area (Å²) >= 11 is 1.13.